The number of furan rings is 1. The second-order valence-electron chi connectivity index (χ2n) is 7.66. The standard InChI is InChI=1S/C25H21NO3/c27-25(28)22-15-26(16-22)14-17-6-8-19(9-7-17)24-13-21-12-20(10-11-23(21)29-24)18-4-2-1-3-5-18/h1-13,22H,14-16H2,(H,27,28). The number of likely N-dealkylation sites (tertiary alicyclic amines) is 1. The molecule has 5 rings (SSSR count). The Morgan fingerprint density at radius 1 is 0.897 bits per heavy atom. The fourth-order valence-corrected chi connectivity index (χ4v) is 3.88. The zero-order valence-electron chi connectivity index (χ0n) is 15.9. The van der Waals surface area contributed by atoms with E-state index in [-0.39, 0.29) is 5.92 Å². The third-order valence-corrected chi connectivity index (χ3v) is 5.57. The Kier molecular flexibility index (Phi) is 4.41. The first-order chi connectivity index (χ1) is 14.2. The molecule has 0 amide bonds. The van der Waals surface area contributed by atoms with Crippen molar-refractivity contribution in [3.8, 4) is 22.5 Å². The lowest BCUT2D eigenvalue weighted by atomic mass is 9.99. The molecule has 0 bridgehead atoms. The highest BCUT2D eigenvalue weighted by Gasteiger charge is 2.32. The van der Waals surface area contributed by atoms with Gasteiger partial charge in [0.2, 0.25) is 0 Å². The van der Waals surface area contributed by atoms with Gasteiger partial charge in [0.15, 0.2) is 0 Å². The van der Waals surface area contributed by atoms with Gasteiger partial charge in [0.05, 0.1) is 5.92 Å². The Bertz CT molecular complexity index is 1160. The largest absolute Gasteiger partial charge is 0.481 e. The number of benzene rings is 3. The first-order valence-electron chi connectivity index (χ1n) is 9.79. The van der Waals surface area contributed by atoms with Gasteiger partial charge in [-0.3, -0.25) is 9.69 Å². The zero-order chi connectivity index (χ0) is 19.8. The molecule has 29 heavy (non-hydrogen) atoms. The maximum atomic E-state index is 10.9. The lowest BCUT2D eigenvalue weighted by molar-refractivity contribution is -0.147. The van der Waals surface area contributed by atoms with Crippen LogP contribution in [0.25, 0.3) is 33.4 Å². The van der Waals surface area contributed by atoms with Crippen LogP contribution in [0.4, 0.5) is 0 Å². The van der Waals surface area contributed by atoms with Crippen LogP contribution >= 0.6 is 0 Å². The summed E-state index contributed by atoms with van der Waals surface area (Å²) >= 11 is 0. The lowest BCUT2D eigenvalue weighted by Crippen LogP contribution is -2.49. The van der Waals surface area contributed by atoms with Crippen LogP contribution in [0.3, 0.4) is 0 Å². The van der Waals surface area contributed by atoms with Gasteiger partial charge in [0.25, 0.3) is 0 Å². The average Bonchev–Trinajstić information content (AvgIpc) is 3.14. The lowest BCUT2D eigenvalue weighted by Gasteiger charge is -2.36. The van der Waals surface area contributed by atoms with Crippen molar-refractivity contribution in [2.75, 3.05) is 13.1 Å². The van der Waals surface area contributed by atoms with Crippen molar-refractivity contribution in [3.63, 3.8) is 0 Å². The third kappa shape index (κ3) is 3.55. The number of rotatable bonds is 5. The van der Waals surface area contributed by atoms with Gasteiger partial charge in [0.1, 0.15) is 11.3 Å². The smallest absolute Gasteiger partial charge is 0.309 e. The predicted molar refractivity (Wildman–Crippen MR) is 113 cm³/mol. The van der Waals surface area contributed by atoms with Gasteiger partial charge < -0.3 is 9.52 Å². The minimum absolute atomic E-state index is 0.217. The Morgan fingerprint density at radius 3 is 2.34 bits per heavy atom. The number of carbonyl (C=O) groups is 1. The van der Waals surface area contributed by atoms with Gasteiger partial charge in [0, 0.05) is 30.6 Å². The monoisotopic (exact) mass is 383 g/mol. The fraction of sp³-hybridized carbons (Fsp3) is 0.160. The van der Waals surface area contributed by atoms with E-state index in [0.29, 0.717) is 13.1 Å². The molecule has 1 aromatic heterocycles. The summed E-state index contributed by atoms with van der Waals surface area (Å²) in [6.45, 7) is 2.04. The molecule has 4 aromatic rings. The van der Waals surface area contributed by atoms with Gasteiger partial charge in [-0.05, 0) is 34.9 Å². The number of carboxylic acid groups (broad SMARTS) is 1. The number of hydrogen-bond donors (Lipinski definition) is 1. The number of nitrogens with zero attached hydrogens (tertiary/aromatic N) is 1. The molecule has 0 saturated carbocycles. The molecule has 0 radical (unpaired) electrons. The summed E-state index contributed by atoms with van der Waals surface area (Å²) in [6, 6.07) is 27.0. The van der Waals surface area contributed by atoms with E-state index in [9.17, 15) is 4.79 Å². The molecule has 0 spiro atoms. The van der Waals surface area contributed by atoms with Crippen LogP contribution in [0.15, 0.2) is 83.3 Å². The topological polar surface area (TPSA) is 53.7 Å². The first kappa shape index (κ1) is 17.7. The first-order valence-corrected chi connectivity index (χ1v) is 9.79. The Hall–Kier alpha value is -3.37. The zero-order valence-corrected chi connectivity index (χ0v) is 15.9. The summed E-state index contributed by atoms with van der Waals surface area (Å²) in [6.07, 6.45) is 0. The van der Waals surface area contributed by atoms with Crippen molar-refractivity contribution >= 4 is 16.9 Å². The normalized spacial score (nSPS) is 14.8. The summed E-state index contributed by atoms with van der Waals surface area (Å²) in [7, 11) is 0. The summed E-state index contributed by atoms with van der Waals surface area (Å²) in [4.78, 5) is 13.1. The van der Waals surface area contributed by atoms with E-state index < -0.39 is 5.97 Å². The van der Waals surface area contributed by atoms with E-state index in [1.165, 1.54) is 16.7 Å². The van der Waals surface area contributed by atoms with Crippen LogP contribution in [0.5, 0.6) is 0 Å². The number of carboxylic acids is 1. The molecular formula is C25H21NO3. The van der Waals surface area contributed by atoms with E-state index in [1.54, 1.807) is 0 Å². The van der Waals surface area contributed by atoms with Crippen molar-refractivity contribution in [2.45, 2.75) is 6.54 Å². The quantitative estimate of drug-likeness (QED) is 0.509. The molecule has 2 heterocycles. The van der Waals surface area contributed by atoms with Crippen LogP contribution < -0.4 is 0 Å². The van der Waals surface area contributed by atoms with Crippen molar-refractivity contribution < 1.29 is 14.3 Å². The Labute approximate surface area is 169 Å². The minimum Gasteiger partial charge on any atom is -0.481 e. The van der Waals surface area contributed by atoms with Crippen LogP contribution in [-0.4, -0.2) is 29.1 Å². The highest BCUT2D eigenvalue weighted by molar-refractivity contribution is 5.87. The van der Waals surface area contributed by atoms with Crippen LogP contribution in [-0.2, 0) is 11.3 Å². The van der Waals surface area contributed by atoms with Crippen LogP contribution in [0.1, 0.15) is 5.56 Å². The summed E-state index contributed by atoms with van der Waals surface area (Å²) in [5.74, 6) is -0.0610. The molecule has 144 valence electrons. The molecule has 1 aliphatic rings. The second-order valence-corrected chi connectivity index (χ2v) is 7.66. The van der Waals surface area contributed by atoms with Crippen LogP contribution in [0.2, 0.25) is 0 Å². The third-order valence-electron chi connectivity index (χ3n) is 5.57. The number of fused-ring (bicyclic) bond motifs is 1. The fourth-order valence-electron chi connectivity index (χ4n) is 3.88. The maximum Gasteiger partial charge on any atom is 0.309 e. The Morgan fingerprint density at radius 2 is 1.62 bits per heavy atom. The van der Waals surface area contributed by atoms with Crippen molar-refractivity contribution in [2.24, 2.45) is 5.92 Å². The van der Waals surface area contributed by atoms with E-state index in [0.717, 1.165) is 28.8 Å². The summed E-state index contributed by atoms with van der Waals surface area (Å²) < 4.78 is 6.06. The van der Waals surface area contributed by atoms with Gasteiger partial charge in [-0.2, -0.15) is 0 Å². The predicted octanol–water partition coefficient (Wildman–Crippen LogP) is 5.28. The van der Waals surface area contributed by atoms with Crippen molar-refractivity contribution in [3.05, 3.63) is 84.4 Å². The molecule has 3 aromatic carbocycles. The SMILES string of the molecule is O=C(O)C1CN(Cc2ccc(-c3cc4cc(-c5ccccc5)ccc4o3)cc2)C1. The number of hydrogen-bond acceptors (Lipinski definition) is 3. The molecular weight excluding hydrogens is 362 g/mol. The summed E-state index contributed by atoms with van der Waals surface area (Å²) in [5.41, 5.74) is 5.47. The van der Waals surface area contributed by atoms with Crippen molar-refractivity contribution in [1.29, 1.82) is 0 Å². The van der Waals surface area contributed by atoms with Gasteiger partial charge in [-0.15, -0.1) is 0 Å². The molecule has 4 heteroatoms. The van der Waals surface area contributed by atoms with Crippen molar-refractivity contribution in [1.82, 2.24) is 4.90 Å². The van der Waals surface area contributed by atoms with E-state index >= 15 is 0 Å². The van der Waals surface area contributed by atoms with Gasteiger partial charge >= 0.3 is 5.97 Å². The molecule has 1 aliphatic heterocycles. The summed E-state index contributed by atoms with van der Waals surface area (Å²) in [5, 5.41) is 10.1. The molecule has 4 nitrogen and oxygen atoms in total. The highest BCUT2D eigenvalue weighted by atomic mass is 16.4. The van der Waals surface area contributed by atoms with Gasteiger partial charge in [-0.25, -0.2) is 0 Å². The average molecular weight is 383 g/mol. The highest BCUT2D eigenvalue weighted by Crippen LogP contribution is 2.31. The molecule has 1 N–H and O–H groups in total. The Balaban J connectivity index is 1.33. The maximum absolute atomic E-state index is 10.9. The van der Waals surface area contributed by atoms with E-state index in [1.807, 2.05) is 24.3 Å². The second kappa shape index (κ2) is 7.22. The molecule has 0 atom stereocenters. The van der Waals surface area contributed by atoms with E-state index in [4.69, 9.17) is 9.52 Å². The van der Waals surface area contributed by atoms with E-state index in [2.05, 4.69) is 59.5 Å². The minimum atomic E-state index is -0.697. The molecule has 0 unspecified atom stereocenters. The molecule has 0 aliphatic carbocycles. The van der Waals surface area contributed by atoms with Gasteiger partial charge in [-0.1, -0.05) is 60.7 Å². The molecule has 1 saturated heterocycles. The van der Waals surface area contributed by atoms with Crippen LogP contribution in [0, 0.1) is 5.92 Å². The molecule has 1 fully saturated rings. The number of aliphatic carboxylic acids is 1.